The summed E-state index contributed by atoms with van der Waals surface area (Å²) in [6, 6.07) is 13.5. The van der Waals surface area contributed by atoms with Gasteiger partial charge in [0.25, 0.3) is 5.91 Å². The molecule has 0 aliphatic heterocycles. The van der Waals surface area contributed by atoms with Crippen LogP contribution in [0.4, 0.5) is 5.69 Å². The molecule has 1 atom stereocenters. The van der Waals surface area contributed by atoms with E-state index in [9.17, 15) is 4.79 Å². The molecule has 0 saturated carbocycles. The molecule has 1 unspecified atom stereocenters. The fourth-order valence-corrected chi connectivity index (χ4v) is 2.57. The van der Waals surface area contributed by atoms with Crippen molar-refractivity contribution in [3.05, 3.63) is 63.6 Å². The van der Waals surface area contributed by atoms with Crippen LogP contribution in [-0.2, 0) is 6.42 Å². The lowest BCUT2D eigenvalue weighted by Gasteiger charge is -2.16. The Hall–Kier alpha value is -1.81. The molecule has 2 rings (SSSR count). The SMILES string of the molecule is CCc1ccc(C(C)NC(=O)c2cccc(N)c2Br)cc1. The quantitative estimate of drug-likeness (QED) is 0.819. The fourth-order valence-electron chi connectivity index (χ4n) is 2.12. The summed E-state index contributed by atoms with van der Waals surface area (Å²) >= 11 is 3.36. The molecule has 0 aliphatic rings. The molecule has 3 N–H and O–H groups in total. The minimum atomic E-state index is -0.138. The molecule has 4 heteroatoms. The molecule has 110 valence electrons. The fraction of sp³-hybridized carbons (Fsp3) is 0.235. The standard InChI is InChI=1S/C17H19BrN2O/c1-3-12-7-9-13(10-8-12)11(2)20-17(21)14-5-4-6-15(19)16(14)18/h4-11H,3,19H2,1-2H3,(H,20,21). The lowest BCUT2D eigenvalue weighted by Crippen LogP contribution is -2.27. The summed E-state index contributed by atoms with van der Waals surface area (Å²) in [5, 5.41) is 2.99. The van der Waals surface area contributed by atoms with Gasteiger partial charge >= 0.3 is 0 Å². The van der Waals surface area contributed by atoms with Crippen molar-refractivity contribution < 1.29 is 4.79 Å². The maximum atomic E-state index is 12.3. The maximum Gasteiger partial charge on any atom is 0.252 e. The topological polar surface area (TPSA) is 55.1 Å². The highest BCUT2D eigenvalue weighted by atomic mass is 79.9. The Labute approximate surface area is 133 Å². The predicted molar refractivity (Wildman–Crippen MR) is 90.3 cm³/mol. The number of carbonyl (C=O) groups excluding carboxylic acids is 1. The Kier molecular flexibility index (Phi) is 5.02. The van der Waals surface area contributed by atoms with Gasteiger partial charge in [0.2, 0.25) is 0 Å². The molecule has 0 radical (unpaired) electrons. The first-order valence-electron chi connectivity index (χ1n) is 6.96. The van der Waals surface area contributed by atoms with Gasteiger partial charge in [-0.05, 0) is 52.5 Å². The molecule has 0 heterocycles. The summed E-state index contributed by atoms with van der Waals surface area (Å²) in [6.07, 6.45) is 1.01. The third-order valence-electron chi connectivity index (χ3n) is 3.51. The molecule has 0 spiro atoms. The number of hydrogen-bond acceptors (Lipinski definition) is 2. The Bertz CT molecular complexity index is 638. The molecule has 0 saturated heterocycles. The molecule has 0 bridgehead atoms. The van der Waals surface area contributed by atoms with Gasteiger partial charge in [-0.25, -0.2) is 0 Å². The molecular formula is C17H19BrN2O. The summed E-state index contributed by atoms with van der Waals surface area (Å²) in [5.74, 6) is -0.138. The van der Waals surface area contributed by atoms with Crippen molar-refractivity contribution in [3.63, 3.8) is 0 Å². The smallest absolute Gasteiger partial charge is 0.252 e. The summed E-state index contributed by atoms with van der Waals surface area (Å²) in [5.41, 5.74) is 9.28. The first-order valence-corrected chi connectivity index (χ1v) is 7.76. The zero-order valence-corrected chi connectivity index (χ0v) is 13.8. The van der Waals surface area contributed by atoms with Crippen LogP contribution >= 0.6 is 15.9 Å². The van der Waals surface area contributed by atoms with Crippen LogP contribution < -0.4 is 11.1 Å². The average Bonchev–Trinajstić information content (AvgIpc) is 2.50. The number of carbonyl (C=O) groups is 1. The van der Waals surface area contributed by atoms with Crippen LogP contribution in [0.3, 0.4) is 0 Å². The van der Waals surface area contributed by atoms with Crippen molar-refractivity contribution in [2.24, 2.45) is 0 Å². The minimum Gasteiger partial charge on any atom is -0.398 e. The normalized spacial score (nSPS) is 12.0. The van der Waals surface area contributed by atoms with Crippen LogP contribution in [0.5, 0.6) is 0 Å². The molecule has 1 amide bonds. The van der Waals surface area contributed by atoms with E-state index in [2.05, 4.69) is 52.4 Å². The van der Waals surface area contributed by atoms with Gasteiger partial charge in [0.1, 0.15) is 0 Å². The third-order valence-corrected chi connectivity index (χ3v) is 4.39. The van der Waals surface area contributed by atoms with Crippen molar-refractivity contribution in [3.8, 4) is 0 Å². The number of hydrogen-bond donors (Lipinski definition) is 2. The number of nitrogens with one attached hydrogen (secondary N) is 1. The predicted octanol–water partition coefficient (Wildman–Crippen LogP) is 4.08. The zero-order chi connectivity index (χ0) is 15.4. The van der Waals surface area contributed by atoms with Gasteiger partial charge in [-0.3, -0.25) is 4.79 Å². The molecule has 21 heavy (non-hydrogen) atoms. The number of rotatable bonds is 4. The van der Waals surface area contributed by atoms with E-state index in [-0.39, 0.29) is 11.9 Å². The van der Waals surface area contributed by atoms with Crippen LogP contribution in [-0.4, -0.2) is 5.91 Å². The second-order valence-electron chi connectivity index (χ2n) is 5.00. The van der Waals surface area contributed by atoms with Crippen molar-refractivity contribution in [1.82, 2.24) is 5.32 Å². The first kappa shape index (κ1) is 15.6. The van der Waals surface area contributed by atoms with E-state index in [1.54, 1.807) is 18.2 Å². The van der Waals surface area contributed by atoms with Gasteiger partial charge in [-0.2, -0.15) is 0 Å². The number of anilines is 1. The molecule has 2 aromatic carbocycles. The van der Waals surface area contributed by atoms with Gasteiger partial charge in [0.15, 0.2) is 0 Å². The molecular weight excluding hydrogens is 328 g/mol. The Morgan fingerprint density at radius 3 is 2.52 bits per heavy atom. The van der Waals surface area contributed by atoms with Gasteiger partial charge in [0, 0.05) is 5.69 Å². The highest BCUT2D eigenvalue weighted by Crippen LogP contribution is 2.24. The second-order valence-corrected chi connectivity index (χ2v) is 5.79. The summed E-state index contributed by atoms with van der Waals surface area (Å²) < 4.78 is 0.635. The van der Waals surface area contributed by atoms with E-state index in [0.717, 1.165) is 12.0 Å². The van der Waals surface area contributed by atoms with Crippen LogP contribution in [0.1, 0.15) is 41.4 Å². The molecule has 2 aromatic rings. The average molecular weight is 347 g/mol. The molecule has 0 aromatic heterocycles. The summed E-state index contributed by atoms with van der Waals surface area (Å²) in [7, 11) is 0. The van der Waals surface area contributed by atoms with E-state index in [4.69, 9.17) is 5.73 Å². The number of nitrogen functional groups attached to an aromatic ring is 1. The van der Waals surface area contributed by atoms with Crippen molar-refractivity contribution >= 4 is 27.5 Å². The first-order chi connectivity index (χ1) is 10.0. The Morgan fingerprint density at radius 1 is 1.24 bits per heavy atom. The maximum absolute atomic E-state index is 12.3. The highest BCUT2D eigenvalue weighted by Gasteiger charge is 2.15. The lowest BCUT2D eigenvalue weighted by molar-refractivity contribution is 0.0939. The monoisotopic (exact) mass is 346 g/mol. The summed E-state index contributed by atoms with van der Waals surface area (Å²) in [6.45, 7) is 4.09. The molecule has 3 nitrogen and oxygen atoms in total. The van der Waals surface area contributed by atoms with E-state index < -0.39 is 0 Å². The minimum absolute atomic E-state index is 0.0586. The Morgan fingerprint density at radius 2 is 1.90 bits per heavy atom. The second kappa shape index (κ2) is 6.76. The summed E-state index contributed by atoms with van der Waals surface area (Å²) in [4.78, 5) is 12.3. The number of amides is 1. The number of nitrogens with two attached hydrogens (primary N) is 1. The highest BCUT2D eigenvalue weighted by molar-refractivity contribution is 9.10. The van der Waals surface area contributed by atoms with Crippen LogP contribution in [0, 0.1) is 0 Å². The van der Waals surface area contributed by atoms with E-state index in [1.165, 1.54) is 5.56 Å². The number of aryl methyl sites for hydroxylation is 1. The van der Waals surface area contributed by atoms with Crippen molar-refractivity contribution in [1.29, 1.82) is 0 Å². The van der Waals surface area contributed by atoms with Crippen LogP contribution in [0.25, 0.3) is 0 Å². The third kappa shape index (κ3) is 3.64. The van der Waals surface area contributed by atoms with Gasteiger partial charge < -0.3 is 11.1 Å². The Balaban J connectivity index is 2.12. The number of halogens is 1. The number of benzene rings is 2. The molecule has 0 aliphatic carbocycles. The van der Waals surface area contributed by atoms with Gasteiger partial charge in [0.05, 0.1) is 16.1 Å². The van der Waals surface area contributed by atoms with E-state index in [1.807, 2.05) is 6.92 Å². The zero-order valence-electron chi connectivity index (χ0n) is 12.2. The van der Waals surface area contributed by atoms with Gasteiger partial charge in [-0.15, -0.1) is 0 Å². The van der Waals surface area contributed by atoms with E-state index >= 15 is 0 Å². The van der Waals surface area contributed by atoms with E-state index in [0.29, 0.717) is 15.7 Å². The molecule has 0 fully saturated rings. The lowest BCUT2D eigenvalue weighted by atomic mass is 10.0. The van der Waals surface area contributed by atoms with Gasteiger partial charge in [-0.1, -0.05) is 37.3 Å². The largest absolute Gasteiger partial charge is 0.398 e. The van der Waals surface area contributed by atoms with Crippen LogP contribution in [0.15, 0.2) is 46.9 Å². The van der Waals surface area contributed by atoms with Crippen molar-refractivity contribution in [2.45, 2.75) is 26.3 Å². The van der Waals surface area contributed by atoms with Crippen LogP contribution in [0.2, 0.25) is 0 Å². The van der Waals surface area contributed by atoms with Crippen molar-refractivity contribution in [2.75, 3.05) is 5.73 Å².